The Morgan fingerprint density at radius 2 is 1.95 bits per heavy atom. The highest BCUT2D eigenvalue weighted by Crippen LogP contribution is 2.59. The van der Waals surface area contributed by atoms with Crippen LogP contribution in [0.25, 0.3) is 0 Å². The minimum Gasteiger partial charge on any atom is -0.393 e. The van der Waals surface area contributed by atoms with Crippen LogP contribution in [0.5, 0.6) is 0 Å². The monoisotopic (exact) mass is 267 g/mol. The molecule has 0 unspecified atom stereocenters. The standard InChI is InChI=1S/C16H29NO2/c1-10(2)7-13-14(16(13,5)6)15(19)17-9-11(3)8-12(4)18/h7,11-14,18H,8-9H2,1-6H3,(H,17,19)/t11-,12-,13-,14-/m1/s1. The molecule has 1 aliphatic carbocycles. The molecule has 0 bridgehead atoms. The van der Waals surface area contributed by atoms with E-state index >= 15 is 0 Å². The van der Waals surface area contributed by atoms with Crippen molar-refractivity contribution in [2.75, 3.05) is 6.54 Å². The van der Waals surface area contributed by atoms with Gasteiger partial charge in [0.1, 0.15) is 0 Å². The summed E-state index contributed by atoms with van der Waals surface area (Å²) in [7, 11) is 0. The third-order valence-corrected chi connectivity index (χ3v) is 4.07. The average molecular weight is 267 g/mol. The molecule has 0 saturated heterocycles. The van der Waals surface area contributed by atoms with E-state index in [0.29, 0.717) is 18.4 Å². The molecule has 110 valence electrons. The second-order valence-corrected chi connectivity index (χ2v) is 7.00. The Kier molecular flexibility index (Phi) is 5.19. The van der Waals surface area contributed by atoms with E-state index in [1.807, 2.05) is 0 Å². The van der Waals surface area contributed by atoms with Crippen LogP contribution < -0.4 is 5.32 Å². The van der Waals surface area contributed by atoms with Crippen LogP contribution in [0.15, 0.2) is 11.6 Å². The van der Waals surface area contributed by atoms with Gasteiger partial charge in [-0.2, -0.15) is 0 Å². The number of allylic oxidation sites excluding steroid dienone is 2. The van der Waals surface area contributed by atoms with E-state index in [1.165, 1.54) is 5.57 Å². The zero-order chi connectivity index (χ0) is 14.8. The smallest absolute Gasteiger partial charge is 0.224 e. The van der Waals surface area contributed by atoms with Gasteiger partial charge in [-0.05, 0) is 44.4 Å². The third-order valence-electron chi connectivity index (χ3n) is 4.07. The number of hydrogen-bond donors (Lipinski definition) is 2. The maximum Gasteiger partial charge on any atom is 0.224 e. The van der Waals surface area contributed by atoms with Crippen LogP contribution in [0.4, 0.5) is 0 Å². The molecular weight excluding hydrogens is 238 g/mol. The Bertz CT molecular complexity index is 354. The van der Waals surface area contributed by atoms with Gasteiger partial charge in [-0.15, -0.1) is 0 Å². The lowest BCUT2D eigenvalue weighted by atomic mass is 10.0. The molecule has 0 aromatic carbocycles. The molecule has 0 aromatic heterocycles. The number of nitrogens with one attached hydrogen (secondary N) is 1. The summed E-state index contributed by atoms with van der Waals surface area (Å²) in [4.78, 5) is 12.2. The van der Waals surface area contributed by atoms with Gasteiger partial charge in [0.25, 0.3) is 0 Å². The molecule has 0 aliphatic heterocycles. The predicted molar refractivity (Wildman–Crippen MR) is 78.7 cm³/mol. The van der Waals surface area contributed by atoms with Crippen molar-refractivity contribution < 1.29 is 9.90 Å². The molecule has 1 fully saturated rings. The first-order valence-electron chi connectivity index (χ1n) is 7.27. The van der Waals surface area contributed by atoms with Gasteiger partial charge >= 0.3 is 0 Å². The highest BCUT2D eigenvalue weighted by molar-refractivity contribution is 5.83. The number of hydrogen-bond acceptors (Lipinski definition) is 2. The van der Waals surface area contributed by atoms with Crippen molar-refractivity contribution in [3.63, 3.8) is 0 Å². The number of aliphatic hydroxyl groups excluding tert-OH is 1. The molecule has 3 heteroatoms. The van der Waals surface area contributed by atoms with Gasteiger partial charge < -0.3 is 10.4 Å². The zero-order valence-electron chi connectivity index (χ0n) is 13.2. The maximum absolute atomic E-state index is 12.2. The molecule has 0 spiro atoms. The van der Waals surface area contributed by atoms with Crippen molar-refractivity contribution in [2.24, 2.45) is 23.2 Å². The molecular formula is C16H29NO2. The van der Waals surface area contributed by atoms with E-state index in [1.54, 1.807) is 6.92 Å². The molecule has 2 N–H and O–H groups in total. The molecule has 4 atom stereocenters. The summed E-state index contributed by atoms with van der Waals surface area (Å²) in [5.74, 6) is 0.934. The molecule has 0 heterocycles. The normalized spacial score (nSPS) is 27.3. The number of carbonyl (C=O) groups is 1. The van der Waals surface area contributed by atoms with E-state index in [0.717, 1.165) is 6.42 Å². The van der Waals surface area contributed by atoms with Gasteiger partial charge in [-0.1, -0.05) is 32.4 Å². The van der Waals surface area contributed by atoms with Gasteiger partial charge in [-0.25, -0.2) is 0 Å². The molecule has 3 nitrogen and oxygen atoms in total. The SMILES string of the molecule is CC(C)=C[C@@H]1[C@H](C(=O)NC[C@H](C)C[C@@H](C)O)C1(C)C. The van der Waals surface area contributed by atoms with E-state index in [-0.39, 0.29) is 23.3 Å². The first kappa shape index (κ1) is 16.2. The maximum atomic E-state index is 12.2. The number of aliphatic hydroxyl groups is 1. The van der Waals surface area contributed by atoms with Gasteiger partial charge in [0.2, 0.25) is 5.91 Å². The summed E-state index contributed by atoms with van der Waals surface area (Å²) in [5, 5.41) is 12.3. The minimum atomic E-state index is -0.303. The highest BCUT2D eigenvalue weighted by Gasteiger charge is 2.60. The summed E-state index contributed by atoms with van der Waals surface area (Å²) < 4.78 is 0. The predicted octanol–water partition coefficient (Wildman–Crippen LogP) is 2.75. The van der Waals surface area contributed by atoms with Crippen LogP contribution >= 0.6 is 0 Å². The Balaban J connectivity index is 2.45. The highest BCUT2D eigenvalue weighted by atomic mass is 16.3. The molecule has 1 amide bonds. The first-order chi connectivity index (χ1) is 8.66. The van der Waals surface area contributed by atoms with Crippen LogP contribution in [-0.4, -0.2) is 23.7 Å². The summed E-state index contributed by atoms with van der Waals surface area (Å²) in [6, 6.07) is 0. The Morgan fingerprint density at radius 1 is 1.37 bits per heavy atom. The van der Waals surface area contributed by atoms with Crippen molar-refractivity contribution in [1.29, 1.82) is 0 Å². The topological polar surface area (TPSA) is 49.3 Å². The molecule has 0 aromatic rings. The van der Waals surface area contributed by atoms with E-state index in [2.05, 4.69) is 46.0 Å². The minimum absolute atomic E-state index is 0.0782. The summed E-state index contributed by atoms with van der Waals surface area (Å²) in [5.41, 5.74) is 1.35. The fraction of sp³-hybridized carbons (Fsp3) is 0.812. The lowest BCUT2D eigenvalue weighted by molar-refractivity contribution is -0.123. The van der Waals surface area contributed by atoms with Gasteiger partial charge in [-0.3, -0.25) is 4.79 Å². The molecule has 1 rings (SSSR count). The van der Waals surface area contributed by atoms with Crippen molar-refractivity contribution in [1.82, 2.24) is 5.32 Å². The van der Waals surface area contributed by atoms with Gasteiger partial charge in [0.15, 0.2) is 0 Å². The van der Waals surface area contributed by atoms with E-state index in [9.17, 15) is 9.90 Å². The molecule has 1 saturated carbocycles. The third kappa shape index (κ3) is 4.34. The van der Waals surface area contributed by atoms with Crippen LogP contribution in [0.1, 0.15) is 48.0 Å². The summed E-state index contributed by atoms with van der Waals surface area (Å²) >= 11 is 0. The Morgan fingerprint density at radius 3 is 2.42 bits per heavy atom. The van der Waals surface area contributed by atoms with Crippen LogP contribution in [0, 0.1) is 23.2 Å². The quantitative estimate of drug-likeness (QED) is 0.727. The Hall–Kier alpha value is -0.830. The zero-order valence-corrected chi connectivity index (χ0v) is 13.2. The van der Waals surface area contributed by atoms with Crippen molar-refractivity contribution >= 4 is 5.91 Å². The van der Waals surface area contributed by atoms with Crippen molar-refractivity contribution in [2.45, 2.75) is 54.1 Å². The second kappa shape index (κ2) is 6.08. The van der Waals surface area contributed by atoms with Crippen LogP contribution in [0.2, 0.25) is 0 Å². The fourth-order valence-corrected chi connectivity index (χ4v) is 2.90. The van der Waals surface area contributed by atoms with Crippen LogP contribution in [0.3, 0.4) is 0 Å². The lowest BCUT2D eigenvalue weighted by Gasteiger charge is -2.14. The van der Waals surface area contributed by atoms with E-state index < -0.39 is 0 Å². The molecule has 19 heavy (non-hydrogen) atoms. The number of amides is 1. The fourth-order valence-electron chi connectivity index (χ4n) is 2.90. The summed E-state index contributed by atoms with van der Waals surface area (Å²) in [6.07, 6.45) is 2.64. The summed E-state index contributed by atoms with van der Waals surface area (Å²) in [6.45, 7) is 13.0. The molecule has 0 radical (unpaired) electrons. The number of rotatable bonds is 6. The van der Waals surface area contributed by atoms with E-state index in [4.69, 9.17) is 0 Å². The van der Waals surface area contributed by atoms with Gasteiger partial charge in [0, 0.05) is 6.54 Å². The molecule has 1 aliphatic rings. The number of carbonyl (C=O) groups excluding carboxylic acids is 1. The Labute approximate surface area is 117 Å². The van der Waals surface area contributed by atoms with Gasteiger partial charge in [0.05, 0.1) is 12.0 Å². The van der Waals surface area contributed by atoms with Crippen LogP contribution in [-0.2, 0) is 4.79 Å². The van der Waals surface area contributed by atoms with Crippen molar-refractivity contribution in [3.05, 3.63) is 11.6 Å². The second-order valence-electron chi connectivity index (χ2n) is 7.00. The largest absolute Gasteiger partial charge is 0.393 e. The van der Waals surface area contributed by atoms with Crippen molar-refractivity contribution in [3.8, 4) is 0 Å². The average Bonchev–Trinajstić information content (AvgIpc) is 2.75. The first-order valence-corrected chi connectivity index (χ1v) is 7.27. The lowest BCUT2D eigenvalue weighted by Crippen LogP contribution is -2.31.